The number of hydrogen-bond donors (Lipinski definition) is 2. The van der Waals surface area contributed by atoms with Gasteiger partial charge in [0.05, 0.1) is 5.56 Å². The number of aromatic carboxylic acids is 1. The molecule has 5 nitrogen and oxygen atoms in total. The van der Waals surface area contributed by atoms with Crippen LogP contribution < -0.4 is 5.32 Å². The van der Waals surface area contributed by atoms with Crippen molar-refractivity contribution in [3.8, 4) is 0 Å². The van der Waals surface area contributed by atoms with E-state index in [-0.39, 0.29) is 52.1 Å². The zero-order valence-electron chi connectivity index (χ0n) is 15.2. The van der Waals surface area contributed by atoms with Gasteiger partial charge in [0.15, 0.2) is 5.12 Å². The summed E-state index contributed by atoms with van der Waals surface area (Å²) in [6, 6.07) is 16.2. The number of carbonyl (C=O) groups is 3. The van der Waals surface area contributed by atoms with Crippen molar-refractivity contribution < 1.29 is 19.5 Å². The molecule has 0 aliphatic rings. The van der Waals surface area contributed by atoms with E-state index in [9.17, 15) is 14.4 Å². The Kier molecular flexibility index (Phi) is 11.2. The molecule has 0 saturated heterocycles. The van der Waals surface area contributed by atoms with E-state index in [0.717, 1.165) is 24.6 Å². The molecule has 0 saturated carbocycles. The number of carboxylic acids is 1. The summed E-state index contributed by atoms with van der Waals surface area (Å²) in [4.78, 5) is 35.0. The zero-order valence-corrected chi connectivity index (χ0v) is 16.0. The number of hydrogen-bond acceptors (Lipinski definition) is 4. The van der Waals surface area contributed by atoms with Gasteiger partial charge in [0.25, 0.3) is 0 Å². The molecule has 2 rings (SSSR count). The van der Waals surface area contributed by atoms with E-state index in [2.05, 4.69) is 17.4 Å². The van der Waals surface area contributed by atoms with E-state index in [1.54, 1.807) is 12.1 Å². The second-order valence-electron chi connectivity index (χ2n) is 6.25. The Hall–Kier alpha value is -1.60. The average Bonchev–Trinajstić information content (AvgIpc) is 2.65. The van der Waals surface area contributed by atoms with Crippen molar-refractivity contribution in [1.29, 1.82) is 0 Å². The van der Waals surface area contributed by atoms with Crippen LogP contribution in [0.2, 0.25) is 0 Å². The molecule has 0 spiro atoms. The van der Waals surface area contributed by atoms with Crippen molar-refractivity contribution >= 4 is 64.0 Å². The number of rotatable bonds is 9. The minimum atomic E-state index is -1.04. The predicted molar refractivity (Wildman–Crippen MR) is 115 cm³/mol. The van der Waals surface area contributed by atoms with Crippen LogP contribution in [0.4, 0.5) is 5.69 Å². The predicted octanol–water partition coefficient (Wildman–Crippen LogP) is 3.59. The van der Waals surface area contributed by atoms with E-state index < -0.39 is 5.97 Å². The van der Waals surface area contributed by atoms with Crippen LogP contribution in [0.1, 0.15) is 35.7 Å². The third-order valence-corrected chi connectivity index (χ3v) is 5.07. The SMILES string of the molecule is CC(=O)SCC(CCCc1ccccc1)C(=O)Nc1cccc(C(=O)O)c1.[NaH]. The summed E-state index contributed by atoms with van der Waals surface area (Å²) in [6.07, 6.45) is 2.35. The van der Waals surface area contributed by atoms with Crippen molar-refractivity contribution in [2.24, 2.45) is 5.92 Å². The number of nitrogens with one attached hydrogen (secondary N) is 1. The first kappa shape index (κ1) is 24.4. The number of thioether (sulfide) groups is 1. The Morgan fingerprint density at radius 1 is 1.07 bits per heavy atom. The van der Waals surface area contributed by atoms with Crippen LogP contribution in [-0.2, 0) is 16.0 Å². The topological polar surface area (TPSA) is 83.5 Å². The van der Waals surface area contributed by atoms with Gasteiger partial charge in [-0.25, -0.2) is 4.79 Å². The first-order chi connectivity index (χ1) is 13.0. The monoisotopic (exact) mass is 409 g/mol. The first-order valence-corrected chi connectivity index (χ1v) is 9.76. The number of benzene rings is 2. The molecule has 0 radical (unpaired) electrons. The summed E-state index contributed by atoms with van der Waals surface area (Å²) < 4.78 is 0. The molecule has 1 atom stereocenters. The molecule has 2 N–H and O–H groups in total. The van der Waals surface area contributed by atoms with Crippen LogP contribution in [-0.4, -0.2) is 57.4 Å². The molecule has 0 aliphatic carbocycles. The molecule has 0 aromatic heterocycles. The maximum absolute atomic E-state index is 12.7. The number of anilines is 1. The van der Waals surface area contributed by atoms with Gasteiger partial charge < -0.3 is 10.4 Å². The van der Waals surface area contributed by atoms with Crippen LogP contribution in [0.3, 0.4) is 0 Å². The zero-order chi connectivity index (χ0) is 19.6. The van der Waals surface area contributed by atoms with Crippen molar-refractivity contribution in [3.05, 3.63) is 65.7 Å². The Bertz CT molecular complexity index is 798. The fourth-order valence-electron chi connectivity index (χ4n) is 2.68. The van der Waals surface area contributed by atoms with Gasteiger partial charge in [0.2, 0.25) is 5.91 Å². The van der Waals surface area contributed by atoms with E-state index in [4.69, 9.17) is 5.11 Å². The van der Waals surface area contributed by atoms with Gasteiger partial charge in [0.1, 0.15) is 0 Å². The third-order valence-electron chi connectivity index (χ3n) is 4.10. The molecule has 28 heavy (non-hydrogen) atoms. The number of aryl methyl sites for hydroxylation is 1. The standard InChI is InChI=1S/C21H23NO4S.Na.H/c1-15(23)27-14-18(11-5-9-16-7-3-2-4-8-16)20(24)22-19-12-6-10-17(13-19)21(25)26;;/h2-4,6-8,10,12-13,18H,5,9,11,14H2,1H3,(H,22,24)(H,25,26);;. The van der Waals surface area contributed by atoms with Crippen molar-refractivity contribution in [1.82, 2.24) is 0 Å². The summed E-state index contributed by atoms with van der Waals surface area (Å²) >= 11 is 1.14. The molecule has 0 aliphatic heterocycles. The van der Waals surface area contributed by atoms with Crippen LogP contribution in [0.15, 0.2) is 54.6 Å². The van der Waals surface area contributed by atoms with Crippen LogP contribution in [0.25, 0.3) is 0 Å². The van der Waals surface area contributed by atoms with E-state index in [1.807, 2.05) is 18.2 Å². The Morgan fingerprint density at radius 3 is 2.43 bits per heavy atom. The van der Waals surface area contributed by atoms with Gasteiger partial charge in [-0.1, -0.05) is 48.2 Å². The fourth-order valence-corrected chi connectivity index (χ4v) is 3.43. The molecule has 144 valence electrons. The van der Waals surface area contributed by atoms with Gasteiger partial charge in [-0.3, -0.25) is 9.59 Å². The third kappa shape index (κ3) is 8.61. The van der Waals surface area contributed by atoms with E-state index in [1.165, 1.54) is 24.6 Å². The summed E-state index contributed by atoms with van der Waals surface area (Å²) in [5.41, 5.74) is 1.78. The molecular formula is C21H24NNaO4S. The molecule has 0 bridgehead atoms. The quantitative estimate of drug-likeness (QED) is 0.619. The minimum absolute atomic E-state index is 0. The molecule has 2 aromatic carbocycles. The fraction of sp³-hybridized carbons (Fsp3) is 0.286. The van der Waals surface area contributed by atoms with Gasteiger partial charge in [-0.15, -0.1) is 0 Å². The number of amides is 1. The normalized spacial score (nSPS) is 11.2. The van der Waals surface area contributed by atoms with E-state index in [0.29, 0.717) is 17.9 Å². The Labute approximate surface area is 191 Å². The average molecular weight is 409 g/mol. The number of carbonyl (C=O) groups excluding carboxylic acids is 2. The van der Waals surface area contributed by atoms with Gasteiger partial charge in [-0.2, -0.15) is 0 Å². The van der Waals surface area contributed by atoms with Crippen LogP contribution in [0.5, 0.6) is 0 Å². The van der Waals surface area contributed by atoms with Crippen LogP contribution in [0, 0.1) is 5.92 Å². The Morgan fingerprint density at radius 2 is 1.79 bits per heavy atom. The second kappa shape index (κ2) is 12.8. The van der Waals surface area contributed by atoms with Crippen molar-refractivity contribution in [3.63, 3.8) is 0 Å². The van der Waals surface area contributed by atoms with Crippen LogP contribution >= 0.6 is 11.8 Å². The number of carboxylic acid groups (broad SMARTS) is 1. The van der Waals surface area contributed by atoms with Gasteiger partial charge in [0, 0.05) is 24.3 Å². The maximum atomic E-state index is 12.7. The Balaban J connectivity index is 0.00000392. The van der Waals surface area contributed by atoms with Gasteiger partial charge in [-0.05, 0) is 43.0 Å². The molecule has 0 fully saturated rings. The summed E-state index contributed by atoms with van der Waals surface area (Å²) in [7, 11) is 0. The molecular weight excluding hydrogens is 385 g/mol. The molecule has 2 aromatic rings. The van der Waals surface area contributed by atoms with Crippen molar-refractivity contribution in [2.75, 3.05) is 11.1 Å². The van der Waals surface area contributed by atoms with Crippen molar-refractivity contribution in [2.45, 2.75) is 26.2 Å². The molecule has 7 heteroatoms. The molecule has 1 amide bonds. The summed E-state index contributed by atoms with van der Waals surface area (Å²) in [6.45, 7) is 1.49. The van der Waals surface area contributed by atoms with Gasteiger partial charge >= 0.3 is 35.5 Å². The second-order valence-corrected chi connectivity index (χ2v) is 7.45. The molecule has 1 unspecified atom stereocenters. The summed E-state index contributed by atoms with van der Waals surface area (Å²) in [5, 5.41) is 11.8. The summed E-state index contributed by atoms with van der Waals surface area (Å²) in [5.74, 6) is -1.15. The molecule has 0 heterocycles. The van der Waals surface area contributed by atoms with E-state index >= 15 is 0 Å². The first-order valence-electron chi connectivity index (χ1n) is 8.77.